The molecule has 1 amide bonds. The largest absolute Gasteiger partial charge is 0.369 e. The molecule has 0 spiro atoms. The highest BCUT2D eigenvalue weighted by molar-refractivity contribution is 7.13. The van der Waals surface area contributed by atoms with Crippen molar-refractivity contribution in [2.24, 2.45) is 0 Å². The second-order valence-electron chi connectivity index (χ2n) is 7.07. The van der Waals surface area contributed by atoms with Crippen molar-refractivity contribution < 1.29 is 4.79 Å². The standard InChI is InChI=1S/C22H24N4OS/c1-17-15-23-9-8-20(17)25-10-5-11-26(13-12-25)21(27)14-19-16-28-22(24-19)18-6-3-2-4-7-18/h2-4,6-9,15-16H,5,10-14H2,1H3. The van der Waals surface area contributed by atoms with Crippen LogP contribution in [-0.4, -0.2) is 47.0 Å². The van der Waals surface area contributed by atoms with Gasteiger partial charge in [0.15, 0.2) is 0 Å². The Labute approximate surface area is 169 Å². The first-order chi connectivity index (χ1) is 13.7. The maximum absolute atomic E-state index is 12.8. The molecule has 1 fully saturated rings. The molecule has 0 N–H and O–H groups in total. The summed E-state index contributed by atoms with van der Waals surface area (Å²) < 4.78 is 0. The minimum Gasteiger partial charge on any atom is -0.369 e. The summed E-state index contributed by atoms with van der Waals surface area (Å²) in [7, 11) is 0. The summed E-state index contributed by atoms with van der Waals surface area (Å²) in [4.78, 5) is 26.0. The lowest BCUT2D eigenvalue weighted by atomic mass is 10.2. The number of pyridine rings is 1. The van der Waals surface area contributed by atoms with Crippen molar-refractivity contribution in [3.63, 3.8) is 0 Å². The van der Waals surface area contributed by atoms with E-state index in [9.17, 15) is 4.79 Å². The van der Waals surface area contributed by atoms with E-state index in [0.717, 1.165) is 48.9 Å². The van der Waals surface area contributed by atoms with Crippen molar-refractivity contribution in [3.05, 3.63) is 65.4 Å². The molecule has 1 aliphatic rings. The van der Waals surface area contributed by atoms with Gasteiger partial charge in [-0.25, -0.2) is 4.98 Å². The number of benzene rings is 1. The molecule has 1 saturated heterocycles. The topological polar surface area (TPSA) is 49.3 Å². The van der Waals surface area contributed by atoms with Crippen LogP contribution in [0.1, 0.15) is 17.7 Å². The highest BCUT2D eigenvalue weighted by atomic mass is 32.1. The van der Waals surface area contributed by atoms with Gasteiger partial charge in [0.1, 0.15) is 5.01 Å². The van der Waals surface area contributed by atoms with Crippen LogP contribution in [-0.2, 0) is 11.2 Å². The minimum absolute atomic E-state index is 0.165. The minimum atomic E-state index is 0.165. The van der Waals surface area contributed by atoms with Gasteiger partial charge in [-0.15, -0.1) is 11.3 Å². The van der Waals surface area contributed by atoms with E-state index in [1.807, 2.05) is 40.9 Å². The molecule has 1 aliphatic heterocycles. The number of rotatable bonds is 4. The van der Waals surface area contributed by atoms with Crippen LogP contribution in [0.15, 0.2) is 54.2 Å². The summed E-state index contributed by atoms with van der Waals surface area (Å²) in [6.45, 7) is 5.44. The second-order valence-corrected chi connectivity index (χ2v) is 7.93. The SMILES string of the molecule is Cc1cnccc1N1CCCN(C(=O)Cc2csc(-c3ccccc3)n2)CC1. The average molecular weight is 393 g/mol. The molecule has 0 bridgehead atoms. The van der Waals surface area contributed by atoms with Gasteiger partial charge in [-0.1, -0.05) is 30.3 Å². The molecule has 0 radical (unpaired) electrons. The Balaban J connectivity index is 1.38. The smallest absolute Gasteiger partial charge is 0.228 e. The first-order valence-electron chi connectivity index (χ1n) is 9.64. The van der Waals surface area contributed by atoms with E-state index >= 15 is 0 Å². The molecule has 0 atom stereocenters. The summed E-state index contributed by atoms with van der Waals surface area (Å²) >= 11 is 1.60. The molecule has 3 aromatic rings. The van der Waals surface area contributed by atoms with E-state index in [4.69, 9.17) is 0 Å². The Kier molecular flexibility index (Phi) is 5.67. The highest BCUT2D eigenvalue weighted by Gasteiger charge is 2.21. The third-order valence-electron chi connectivity index (χ3n) is 5.08. The van der Waals surface area contributed by atoms with E-state index in [0.29, 0.717) is 6.42 Å². The van der Waals surface area contributed by atoms with Crippen LogP contribution in [0.4, 0.5) is 5.69 Å². The number of amides is 1. The third-order valence-corrected chi connectivity index (χ3v) is 6.02. The maximum Gasteiger partial charge on any atom is 0.228 e. The number of carbonyl (C=O) groups excluding carboxylic acids is 1. The van der Waals surface area contributed by atoms with E-state index in [1.165, 1.54) is 11.3 Å². The maximum atomic E-state index is 12.8. The van der Waals surface area contributed by atoms with Crippen LogP contribution >= 0.6 is 11.3 Å². The number of nitrogens with zero attached hydrogens (tertiary/aromatic N) is 4. The summed E-state index contributed by atoms with van der Waals surface area (Å²) in [6, 6.07) is 12.2. The molecule has 6 heteroatoms. The lowest BCUT2D eigenvalue weighted by molar-refractivity contribution is -0.130. The molecule has 0 saturated carbocycles. The summed E-state index contributed by atoms with van der Waals surface area (Å²) in [5.74, 6) is 0.165. The van der Waals surface area contributed by atoms with E-state index in [1.54, 1.807) is 11.3 Å². The van der Waals surface area contributed by atoms with Crippen molar-refractivity contribution in [1.29, 1.82) is 0 Å². The molecule has 3 heterocycles. The predicted molar refractivity (Wildman–Crippen MR) is 114 cm³/mol. The van der Waals surface area contributed by atoms with Crippen molar-refractivity contribution in [3.8, 4) is 10.6 Å². The van der Waals surface area contributed by atoms with Crippen LogP contribution < -0.4 is 4.90 Å². The number of aryl methyl sites for hydroxylation is 1. The molecule has 5 nitrogen and oxygen atoms in total. The summed E-state index contributed by atoms with van der Waals surface area (Å²) in [6.07, 6.45) is 5.08. The number of aromatic nitrogens is 2. The molecule has 28 heavy (non-hydrogen) atoms. The van der Waals surface area contributed by atoms with Gasteiger partial charge in [-0.05, 0) is 25.0 Å². The first-order valence-corrected chi connectivity index (χ1v) is 10.5. The Morgan fingerprint density at radius 2 is 1.96 bits per heavy atom. The van der Waals surface area contributed by atoms with Gasteiger partial charge in [-0.3, -0.25) is 9.78 Å². The molecule has 4 rings (SSSR count). The predicted octanol–water partition coefficient (Wildman–Crippen LogP) is 3.79. The molecule has 2 aromatic heterocycles. The van der Waals surface area contributed by atoms with Crippen LogP contribution in [0.2, 0.25) is 0 Å². The average Bonchev–Trinajstić information content (AvgIpc) is 3.04. The Hall–Kier alpha value is -2.73. The molecule has 144 valence electrons. The molecule has 0 aliphatic carbocycles. The molecular weight excluding hydrogens is 368 g/mol. The zero-order valence-corrected chi connectivity index (χ0v) is 16.9. The lowest BCUT2D eigenvalue weighted by Gasteiger charge is -2.25. The van der Waals surface area contributed by atoms with Crippen molar-refractivity contribution >= 4 is 22.9 Å². The quantitative estimate of drug-likeness (QED) is 0.678. The van der Waals surface area contributed by atoms with Crippen molar-refractivity contribution in [1.82, 2.24) is 14.9 Å². The zero-order chi connectivity index (χ0) is 19.3. The van der Waals surface area contributed by atoms with Crippen LogP contribution in [0, 0.1) is 6.92 Å². The Morgan fingerprint density at radius 1 is 1.11 bits per heavy atom. The van der Waals surface area contributed by atoms with Gasteiger partial charge in [-0.2, -0.15) is 0 Å². The zero-order valence-electron chi connectivity index (χ0n) is 16.0. The summed E-state index contributed by atoms with van der Waals surface area (Å²) in [5, 5.41) is 2.98. The summed E-state index contributed by atoms with van der Waals surface area (Å²) in [5.41, 5.74) is 4.36. The van der Waals surface area contributed by atoms with Crippen LogP contribution in [0.25, 0.3) is 10.6 Å². The fourth-order valence-corrected chi connectivity index (χ4v) is 4.42. The van der Waals surface area contributed by atoms with Crippen molar-refractivity contribution in [2.45, 2.75) is 19.8 Å². The van der Waals surface area contributed by atoms with Gasteiger partial charge < -0.3 is 9.80 Å². The highest BCUT2D eigenvalue weighted by Crippen LogP contribution is 2.24. The van der Waals surface area contributed by atoms with Gasteiger partial charge in [0, 0.05) is 55.2 Å². The first kappa shape index (κ1) is 18.6. The van der Waals surface area contributed by atoms with E-state index in [-0.39, 0.29) is 5.91 Å². The second kappa shape index (κ2) is 8.52. The fourth-order valence-electron chi connectivity index (χ4n) is 3.60. The van der Waals surface area contributed by atoms with Gasteiger partial charge in [0.25, 0.3) is 0 Å². The Bertz CT molecular complexity index is 940. The lowest BCUT2D eigenvalue weighted by Crippen LogP contribution is -2.36. The van der Waals surface area contributed by atoms with E-state index < -0.39 is 0 Å². The van der Waals surface area contributed by atoms with Gasteiger partial charge in [0.05, 0.1) is 12.1 Å². The monoisotopic (exact) mass is 392 g/mol. The van der Waals surface area contributed by atoms with E-state index in [2.05, 4.69) is 40.0 Å². The number of thiazole rings is 1. The number of anilines is 1. The molecule has 1 aromatic carbocycles. The molecular formula is C22H24N4OS. The fraction of sp³-hybridized carbons (Fsp3) is 0.318. The van der Waals surface area contributed by atoms with Crippen LogP contribution in [0.5, 0.6) is 0 Å². The number of hydrogen-bond donors (Lipinski definition) is 0. The number of carbonyl (C=O) groups is 1. The third kappa shape index (κ3) is 4.22. The Morgan fingerprint density at radius 3 is 2.79 bits per heavy atom. The van der Waals surface area contributed by atoms with Crippen LogP contribution in [0.3, 0.4) is 0 Å². The normalized spacial score (nSPS) is 14.8. The van der Waals surface area contributed by atoms with Crippen molar-refractivity contribution in [2.75, 3.05) is 31.1 Å². The molecule has 0 unspecified atom stereocenters. The van der Waals surface area contributed by atoms with Gasteiger partial charge in [0.2, 0.25) is 5.91 Å². The van der Waals surface area contributed by atoms with Gasteiger partial charge >= 0.3 is 0 Å². The number of hydrogen-bond acceptors (Lipinski definition) is 5.